The molecule has 0 amide bonds. The molecule has 51 heavy (non-hydrogen) atoms. The number of aromatic nitrogens is 14. The van der Waals surface area contributed by atoms with Crippen molar-refractivity contribution in [1.82, 2.24) is 69.6 Å². The molecule has 0 saturated heterocycles. The molecule has 8 rings (SSSR count). The van der Waals surface area contributed by atoms with Crippen LogP contribution < -0.4 is 4.74 Å². The predicted molar refractivity (Wildman–Crippen MR) is 164 cm³/mol. The van der Waals surface area contributed by atoms with Gasteiger partial charge in [0, 0.05) is 17.3 Å². The van der Waals surface area contributed by atoms with Crippen LogP contribution >= 0.6 is 23.2 Å². The zero-order valence-corrected chi connectivity index (χ0v) is 26.3. The van der Waals surface area contributed by atoms with Crippen LogP contribution in [-0.4, -0.2) is 81.8 Å². The van der Waals surface area contributed by atoms with E-state index in [4.69, 9.17) is 27.9 Å². The van der Waals surface area contributed by atoms with Crippen molar-refractivity contribution in [3.8, 4) is 57.4 Å². The number of fused-ring (bicyclic) bond motifs is 2. The van der Waals surface area contributed by atoms with Gasteiger partial charge in [-0.1, -0.05) is 23.2 Å². The van der Waals surface area contributed by atoms with Gasteiger partial charge in [-0.25, -0.2) is 19.9 Å². The molecule has 8 aromatic heterocycles. The second-order valence-electron chi connectivity index (χ2n) is 10.6. The van der Waals surface area contributed by atoms with E-state index in [-0.39, 0.29) is 72.3 Å². The van der Waals surface area contributed by atoms with Crippen LogP contribution in [0.3, 0.4) is 0 Å². The van der Waals surface area contributed by atoms with Gasteiger partial charge in [-0.3, -0.25) is 19.3 Å². The highest BCUT2D eigenvalue weighted by Crippen LogP contribution is 2.44. The number of nitrogens with one attached hydrogen (secondary N) is 4. The molecule has 0 atom stereocenters. The van der Waals surface area contributed by atoms with Crippen LogP contribution in [0.5, 0.6) is 11.8 Å². The number of H-pyrrole nitrogens is 4. The van der Waals surface area contributed by atoms with Crippen molar-refractivity contribution in [2.45, 2.75) is 12.4 Å². The lowest BCUT2D eigenvalue weighted by molar-refractivity contribution is -0.145. The molecule has 0 aliphatic heterocycles. The van der Waals surface area contributed by atoms with Crippen LogP contribution in [0.25, 0.3) is 67.7 Å². The van der Waals surface area contributed by atoms with Crippen LogP contribution in [0.15, 0.2) is 37.1 Å². The van der Waals surface area contributed by atoms with Crippen molar-refractivity contribution in [2.75, 3.05) is 7.11 Å². The SMILES string of the molecule is COc1nc2c(-c3cn[nH]c3)c(-c3n[nH]c(C(F)(F)F)n3)n(-c3cn(-c4c(-c5nnc(C(F)(F)F)[nH]5)[nH]c5cc(Cl)c(O)nc45)cn3)c2cc1Cl. The van der Waals surface area contributed by atoms with Crippen LogP contribution in [0.2, 0.25) is 10.0 Å². The molecule has 260 valence electrons. The minimum Gasteiger partial charge on any atom is -0.492 e. The molecule has 0 aromatic carbocycles. The first-order valence-electron chi connectivity index (χ1n) is 14.0. The van der Waals surface area contributed by atoms with E-state index in [9.17, 15) is 31.4 Å². The van der Waals surface area contributed by atoms with E-state index in [0.29, 0.717) is 5.56 Å². The average molecular weight is 751 g/mol. The van der Waals surface area contributed by atoms with Crippen molar-refractivity contribution in [3.63, 3.8) is 0 Å². The normalized spacial score (nSPS) is 12.5. The molecule has 0 spiro atoms. The topological polar surface area (TPSA) is 206 Å². The first-order valence-corrected chi connectivity index (χ1v) is 14.7. The maximum Gasteiger partial charge on any atom is 0.451 e. The van der Waals surface area contributed by atoms with Crippen molar-refractivity contribution in [1.29, 1.82) is 0 Å². The van der Waals surface area contributed by atoms with Gasteiger partial charge < -0.3 is 19.8 Å². The molecule has 0 aliphatic carbocycles. The van der Waals surface area contributed by atoms with E-state index in [0.717, 1.165) is 0 Å². The minimum absolute atomic E-state index is 0.00707. The molecule has 0 radical (unpaired) electrons. The number of pyridine rings is 2. The fourth-order valence-corrected chi connectivity index (χ4v) is 5.83. The van der Waals surface area contributed by atoms with Crippen LogP contribution in [-0.2, 0) is 12.4 Å². The summed E-state index contributed by atoms with van der Waals surface area (Å²) in [6, 6.07) is 2.74. The smallest absolute Gasteiger partial charge is 0.451 e. The number of aromatic amines is 4. The summed E-state index contributed by atoms with van der Waals surface area (Å²) in [5, 5.41) is 29.5. The highest BCUT2D eigenvalue weighted by molar-refractivity contribution is 6.33. The minimum atomic E-state index is -4.88. The standard InChI is InChI=1S/C27H14Cl2F6N14O2/c1-51-23-10(29)3-12-16(41-23)14(8-4-37-38-5-8)18(21-43-25(47-45-21)27(33,34)35)49(12)13-6-48(7-36-13)19-15-11(2-9(28)22(50)40-15)39-17(19)20-42-24(46-44-20)26(30,31)32/h2-7,39H,1H3,(H,37,38)(H,40,50)(H,42,44,46)(H,43,45,47). The third-order valence-electron chi connectivity index (χ3n) is 7.53. The van der Waals surface area contributed by atoms with E-state index in [1.54, 1.807) is 0 Å². The molecule has 24 heteroatoms. The number of halogens is 8. The first kappa shape index (κ1) is 32.1. The number of hydrogen-bond donors (Lipinski definition) is 5. The summed E-state index contributed by atoms with van der Waals surface area (Å²) in [6.45, 7) is 0. The van der Waals surface area contributed by atoms with Gasteiger partial charge >= 0.3 is 12.4 Å². The van der Waals surface area contributed by atoms with Crippen molar-refractivity contribution in [2.24, 2.45) is 0 Å². The van der Waals surface area contributed by atoms with E-state index in [2.05, 4.69) is 55.4 Å². The number of ether oxygens (including phenoxy) is 1. The monoisotopic (exact) mass is 750 g/mol. The van der Waals surface area contributed by atoms with E-state index < -0.39 is 35.7 Å². The third-order valence-corrected chi connectivity index (χ3v) is 8.08. The number of alkyl halides is 6. The Kier molecular flexibility index (Phi) is 7.03. The van der Waals surface area contributed by atoms with Crippen LogP contribution in [0.1, 0.15) is 11.6 Å². The van der Waals surface area contributed by atoms with E-state index >= 15 is 0 Å². The van der Waals surface area contributed by atoms with Gasteiger partial charge in [-0.05, 0) is 12.1 Å². The molecule has 0 saturated carbocycles. The summed E-state index contributed by atoms with van der Waals surface area (Å²) in [5.74, 6) is -4.14. The third kappa shape index (κ3) is 5.17. The number of rotatable bonds is 6. The Labute approximate surface area is 286 Å². The summed E-state index contributed by atoms with van der Waals surface area (Å²) in [4.78, 5) is 21.9. The first-order chi connectivity index (χ1) is 24.2. The summed E-state index contributed by atoms with van der Waals surface area (Å²) in [5.41, 5.74) is 1.10. The van der Waals surface area contributed by atoms with E-state index in [1.165, 1.54) is 53.3 Å². The molecule has 0 bridgehead atoms. The Morgan fingerprint density at radius 2 is 1.71 bits per heavy atom. The van der Waals surface area contributed by atoms with Crippen LogP contribution in [0.4, 0.5) is 26.3 Å². The maximum absolute atomic E-state index is 13.7. The maximum atomic E-state index is 13.7. The lowest BCUT2D eigenvalue weighted by atomic mass is 10.1. The van der Waals surface area contributed by atoms with Gasteiger partial charge in [-0.15, -0.1) is 10.2 Å². The Balaban J connectivity index is 1.41. The molecule has 0 fully saturated rings. The Morgan fingerprint density at radius 1 is 0.922 bits per heavy atom. The predicted octanol–water partition coefficient (Wildman–Crippen LogP) is 6.11. The van der Waals surface area contributed by atoms with Gasteiger partial charge in [-0.2, -0.15) is 36.5 Å². The Morgan fingerprint density at radius 3 is 2.37 bits per heavy atom. The number of methoxy groups -OCH3 is 1. The quantitative estimate of drug-likeness (QED) is 0.123. The van der Waals surface area contributed by atoms with Gasteiger partial charge in [0.2, 0.25) is 23.4 Å². The highest BCUT2D eigenvalue weighted by Gasteiger charge is 2.38. The fraction of sp³-hybridized carbons (Fsp3) is 0.111. The summed E-state index contributed by atoms with van der Waals surface area (Å²) in [7, 11) is 1.33. The number of aromatic hydroxyl groups is 1. The van der Waals surface area contributed by atoms with Gasteiger partial charge in [0.05, 0.1) is 30.5 Å². The molecule has 0 unspecified atom stereocenters. The lowest BCUT2D eigenvalue weighted by Crippen LogP contribution is -2.07. The Hall–Kier alpha value is -6.16. The highest BCUT2D eigenvalue weighted by atomic mass is 35.5. The van der Waals surface area contributed by atoms with Crippen LogP contribution in [0, 0.1) is 0 Å². The largest absolute Gasteiger partial charge is 0.492 e. The molecule has 5 N–H and O–H groups in total. The number of hydrogen-bond acceptors (Lipinski definition) is 10. The molecule has 0 aliphatic rings. The van der Waals surface area contributed by atoms with Gasteiger partial charge in [0.25, 0.3) is 0 Å². The van der Waals surface area contributed by atoms with Crippen molar-refractivity contribution in [3.05, 3.63) is 58.7 Å². The van der Waals surface area contributed by atoms with Crippen molar-refractivity contribution >= 4 is 45.3 Å². The van der Waals surface area contributed by atoms with Crippen molar-refractivity contribution < 1.29 is 36.2 Å². The molecular weight excluding hydrogens is 737 g/mol. The lowest BCUT2D eigenvalue weighted by Gasteiger charge is -2.08. The number of nitrogens with zero attached hydrogens (tertiary/aromatic N) is 10. The second-order valence-corrected chi connectivity index (χ2v) is 11.4. The summed E-state index contributed by atoms with van der Waals surface area (Å²) >= 11 is 12.6. The zero-order chi connectivity index (χ0) is 36.0. The Bertz CT molecular complexity index is 2620. The zero-order valence-electron chi connectivity index (χ0n) is 24.8. The molecular formula is C27H14Cl2F6N14O2. The molecule has 8 aromatic rings. The number of imidazole rings is 1. The summed E-state index contributed by atoms with van der Waals surface area (Å²) in [6.07, 6.45) is -4.27. The van der Waals surface area contributed by atoms with E-state index in [1.807, 2.05) is 5.10 Å². The fourth-order valence-electron chi connectivity index (χ4n) is 5.45. The molecule has 8 heterocycles. The average Bonchev–Trinajstić information content (AvgIpc) is 3.90. The van der Waals surface area contributed by atoms with Gasteiger partial charge in [0.1, 0.15) is 44.5 Å². The van der Waals surface area contributed by atoms with Gasteiger partial charge in [0.15, 0.2) is 17.5 Å². The second kappa shape index (κ2) is 11.2. The summed E-state index contributed by atoms with van der Waals surface area (Å²) < 4.78 is 89.6. The molecule has 16 nitrogen and oxygen atoms in total.